The van der Waals surface area contributed by atoms with E-state index in [9.17, 15) is 4.79 Å². The Morgan fingerprint density at radius 3 is 2.52 bits per heavy atom. The maximum Gasteiger partial charge on any atom is 0.231 e. The number of nitrogens with one attached hydrogen (secondary N) is 1. The molecule has 1 aliphatic carbocycles. The summed E-state index contributed by atoms with van der Waals surface area (Å²) in [5, 5.41) is 13.4. The Hall–Kier alpha value is -3.03. The van der Waals surface area contributed by atoms with Crippen LogP contribution in [0.5, 0.6) is 0 Å². The van der Waals surface area contributed by atoms with Gasteiger partial charge in [-0.1, -0.05) is 53.7 Å². The molecule has 5 rings (SSSR count). The Morgan fingerprint density at radius 2 is 1.85 bits per heavy atom. The van der Waals surface area contributed by atoms with Gasteiger partial charge in [0.15, 0.2) is 11.0 Å². The van der Waals surface area contributed by atoms with E-state index in [2.05, 4.69) is 27.6 Å². The predicted octanol–water partition coefficient (Wildman–Crippen LogP) is 5.53. The molecule has 8 heteroatoms. The number of halogens is 1. The summed E-state index contributed by atoms with van der Waals surface area (Å²) >= 11 is 7.43. The summed E-state index contributed by atoms with van der Waals surface area (Å²) in [5.41, 5.74) is 1.81. The van der Waals surface area contributed by atoms with Crippen LogP contribution in [0, 0.1) is 0 Å². The molecule has 1 N–H and O–H groups in total. The molecule has 1 aliphatic rings. The van der Waals surface area contributed by atoms with Gasteiger partial charge in [0.05, 0.1) is 24.1 Å². The summed E-state index contributed by atoms with van der Waals surface area (Å²) in [6.07, 6.45) is 4.68. The van der Waals surface area contributed by atoms with Gasteiger partial charge in [-0.2, -0.15) is 0 Å². The summed E-state index contributed by atoms with van der Waals surface area (Å²) in [6, 6.07) is 21.4. The van der Waals surface area contributed by atoms with Crippen LogP contribution in [-0.2, 0) is 16.9 Å². The van der Waals surface area contributed by atoms with Gasteiger partial charge in [-0.15, -0.1) is 10.2 Å². The fraction of sp³-hybridized carbons (Fsp3) is 0.240. The van der Waals surface area contributed by atoms with Crippen LogP contribution in [0.4, 0.5) is 0 Å². The standard InChI is InChI=1S/C25H23ClN4O2S/c26-20-11-9-18(10-12-20)23-28-29-24(30(23)16-21-8-4-15-32-21)33-17-22(31)27-25(13-5-14-25)19-6-2-1-3-7-19/h1-4,6-12,15H,5,13-14,16-17H2,(H,27,31). The molecule has 1 amide bonds. The number of hydrogen-bond donors (Lipinski definition) is 1. The average molecular weight is 479 g/mol. The first-order valence-electron chi connectivity index (χ1n) is 10.8. The molecule has 168 valence electrons. The highest BCUT2D eigenvalue weighted by atomic mass is 35.5. The third-order valence-corrected chi connectivity index (χ3v) is 7.18. The lowest BCUT2D eigenvalue weighted by molar-refractivity contribution is -0.121. The van der Waals surface area contributed by atoms with Crippen LogP contribution < -0.4 is 5.32 Å². The van der Waals surface area contributed by atoms with Crippen molar-refractivity contribution in [2.24, 2.45) is 0 Å². The van der Waals surface area contributed by atoms with Gasteiger partial charge in [-0.25, -0.2) is 0 Å². The molecular formula is C25H23ClN4O2S. The van der Waals surface area contributed by atoms with Crippen LogP contribution in [0.25, 0.3) is 11.4 Å². The highest BCUT2D eigenvalue weighted by Gasteiger charge is 2.39. The molecular weight excluding hydrogens is 456 g/mol. The van der Waals surface area contributed by atoms with Crippen molar-refractivity contribution in [3.05, 3.63) is 89.3 Å². The largest absolute Gasteiger partial charge is 0.467 e. The Kier molecular flexibility index (Phi) is 6.24. The Bertz CT molecular complexity index is 1220. The minimum Gasteiger partial charge on any atom is -0.467 e. The number of aromatic nitrogens is 3. The number of nitrogens with zero attached hydrogens (tertiary/aromatic N) is 3. The summed E-state index contributed by atoms with van der Waals surface area (Å²) in [7, 11) is 0. The topological polar surface area (TPSA) is 73.0 Å². The zero-order chi connectivity index (χ0) is 22.7. The molecule has 1 fully saturated rings. The van der Waals surface area contributed by atoms with Crippen LogP contribution >= 0.6 is 23.4 Å². The number of thioether (sulfide) groups is 1. The first-order valence-corrected chi connectivity index (χ1v) is 12.2. The normalized spacial score (nSPS) is 14.6. The van der Waals surface area contributed by atoms with Gasteiger partial charge in [-0.3, -0.25) is 9.36 Å². The molecule has 0 aliphatic heterocycles. The molecule has 6 nitrogen and oxygen atoms in total. The second kappa shape index (κ2) is 9.45. The molecule has 2 aromatic heterocycles. The van der Waals surface area contributed by atoms with Gasteiger partial charge in [0.1, 0.15) is 5.76 Å². The Labute approximate surface area is 201 Å². The summed E-state index contributed by atoms with van der Waals surface area (Å²) in [4.78, 5) is 12.9. The second-order valence-corrected chi connectivity index (χ2v) is 9.50. The second-order valence-electron chi connectivity index (χ2n) is 8.12. The molecule has 2 heterocycles. The van der Waals surface area contributed by atoms with Crippen molar-refractivity contribution in [3.63, 3.8) is 0 Å². The molecule has 0 atom stereocenters. The van der Waals surface area contributed by atoms with Crippen LogP contribution in [0.2, 0.25) is 5.02 Å². The van der Waals surface area contributed by atoms with Crippen molar-refractivity contribution < 1.29 is 9.21 Å². The van der Waals surface area contributed by atoms with E-state index in [1.54, 1.807) is 6.26 Å². The lowest BCUT2D eigenvalue weighted by atomic mass is 9.72. The van der Waals surface area contributed by atoms with Gasteiger partial charge in [-0.05, 0) is 61.2 Å². The van der Waals surface area contributed by atoms with Gasteiger partial charge < -0.3 is 9.73 Å². The van der Waals surface area contributed by atoms with E-state index in [4.69, 9.17) is 16.0 Å². The van der Waals surface area contributed by atoms with Crippen molar-refractivity contribution in [2.45, 2.75) is 36.5 Å². The maximum atomic E-state index is 12.9. The van der Waals surface area contributed by atoms with E-state index in [-0.39, 0.29) is 17.2 Å². The molecule has 0 radical (unpaired) electrons. The molecule has 2 aromatic carbocycles. The van der Waals surface area contributed by atoms with E-state index in [1.807, 2.05) is 59.2 Å². The SMILES string of the molecule is O=C(CSc1nnc(-c2ccc(Cl)cc2)n1Cc1ccco1)NC1(c2ccccc2)CCC1. The van der Waals surface area contributed by atoms with Crippen molar-refractivity contribution >= 4 is 29.3 Å². The van der Waals surface area contributed by atoms with Gasteiger partial charge in [0.2, 0.25) is 5.91 Å². The number of hydrogen-bond acceptors (Lipinski definition) is 5. The number of amides is 1. The first kappa shape index (κ1) is 21.8. The fourth-order valence-corrected chi connectivity index (χ4v) is 4.98. The van der Waals surface area contributed by atoms with E-state index in [0.717, 1.165) is 30.6 Å². The monoisotopic (exact) mass is 478 g/mol. The highest BCUT2D eigenvalue weighted by molar-refractivity contribution is 7.99. The number of carbonyl (C=O) groups is 1. The molecule has 1 saturated carbocycles. The molecule has 4 aromatic rings. The molecule has 0 spiro atoms. The van der Waals surface area contributed by atoms with E-state index in [1.165, 1.54) is 17.3 Å². The number of benzene rings is 2. The van der Waals surface area contributed by atoms with Gasteiger partial charge in [0.25, 0.3) is 0 Å². The average Bonchev–Trinajstić information content (AvgIpc) is 3.47. The predicted molar refractivity (Wildman–Crippen MR) is 129 cm³/mol. The molecule has 0 saturated heterocycles. The zero-order valence-corrected chi connectivity index (χ0v) is 19.5. The molecule has 0 bridgehead atoms. The van der Waals surface area contributed by atoms with Crippen LogP contribution in [0.1, 0.15) is 30.6 Å². The van der Waals surface area contributed by atoms with Crippen molar-refractivity contribution in [1.29, 1.82) is 0 Å². The highest BCUT2D eigenvalue weighted by Crippen LogP contribution is 2.41. The summed E-state index contributed by atoms with van der Waals surface area (Å²) in [5.74, 6) is 1.73. The Balaban J connectivity index is 1.33. The van der Waals surface area contributed by atoms with Crippen LogP contribution in [0.15, 0.2) is 82.6 Å². The van der Waals surface area contributed by atoms with Crippen molar-refractivity contribution in [2.75, 3.05) is 5.75 Å². The minimum absolute atomic E-state index is 0.0101. The quantitative estimate of drug-likeness (QED) is 0.337. The Morgan fingerprint density at radius 1 is 1.06 bits per heavy atom. The van der Waals surface area contributed by atoms with Crippen molar-refractivity contribution in [1.82, 2.24) is 20.1 Å². The van der Waals surface area contributed by atoms with E-state index in [0.29, 0.717) is 22.5 Å². The van der Waals surface area contributed by atoms with Crippen LogP contribution in [-0.4, -0.2) is 26.4 Å². The lowest BCUT2D eigenvalue weighted by Crippen LogP contribution is -2.51. The van der Waals surface area contributed by atoms with E-state index < -0.39 is 0 Å². The number of carbonyl (C=O) groups excluding carboxylic acids is 1. The third-order valence-electron chi connectivity index (χ3n) is 5.96. The van der Waals surface area contributed by atoms with Gasteiger partial charge >= 0.3 is 0 Å². The van der Waals surface area contributed by atoms with Crippen molar-refractivity contribution in [3.8, 4) is 11.4 Å². The number of furan rings is 1. The van der Waals surface area contributed by atoms with E-state index >= 15 is 0 Å². The third kappa shape index (κ3) is 4.70. The number of rotatable bonds is 8. The zero-order valence-electron chi connectivity index (χ0n) is 17.9. The van der Waals surface area contributed by atoms with Gasteiger partial charge in [0, 0.05) is 10.6 Å². The molecule has 0 unspecified atom stereocenters. The smallest absolute Gasteiger partial charge is 0.231 e. The first-order chi connectivity index (χ1) is 16.1. The summed E-state index contributed by atoms with van der Waals surface area (Å²) < 4.78 is 7.52. The minimum atomic E-state index is -0.255. The summed E-state index contributed by atoms with van der Waals surface area (Å²) in [6.45, 7) is 0.468. The van der Waals surface area contributed by atoms with Crippen LogP contribution in [0.3, 0.4) is 0 Å². The molecule has 33 heavy (non-hydrogen) atoms. The fourth-order valence-electron chi connectivity index (χ4n) is 4.12. The maximum absolute atomic E-state index is 12.9. The lowest BCUT2D eigenvalue weighted by Gasteiger charge is -2.43.